The first-order valence-electron chi connectivity index (χ1n) is 31.7. The van der Waals surface area contributed by atoms with E-state index >= 15 is 0 Å². The van der Waals surface area contributed by atoms with Crippen molar-refractivity contribution < 1.29 is 28.6 Å². The summed E-state index contributed by atoms with van der Waals surface area (Å²) < 4.78 is 17.0. The predicted molar refractivity (Wildman–Crippen MR) is 303 cm³/mol. The van der Waals surface area contributed by atoms with Crippen LogP contribution in [-0.2, 0) is 28.6 Å². The topological polar surface area (TPSA) is 78.9 Å². The molecule has 0 aliphatic rings. The Morgan fingerprint density at radius 1 is 0.271 bits per heavy atom. The van der Waals surface area contributed by atoms with Crippen LogP contribution in [0.2, 0.25) is 0 Å². The molecule has 0 saturated carbocycles. The molecule has 70 heavy (non-hydrogen) atoms. The Hall–Kier alpha value is -1.59. The molecule has 0 amide bonds. The maximum Gasteiger partial charge on any atom is 0.306 e. The van der Waals surface area contributed by atoms with Gasteiger partial charge in [0, 0.05) is 19.3 Å². The third-order valence-electron chi connectivity index (χ3n) is 14.7. The number of ether oxygens (including phenoxy) is 3. The summed E-state index contributed by atoms with van der Waals surface area (Å²) in [5, 5.41) is 0. The van der Waals surface area contributed by atoms with E-state index in [-0.39, 0.29) is 31.1 Å². The van der Waals surface area contributed by atoms with Crippen molar-refractivity contribution in [1.29, 1.82) is 0 Å². The highest BCUT2D eigenvalue weighted by Crippen LogP contribution is 2.19. The van der Waals surface area contributed by atoms with E-state index in [1.54, 1.807) is 0 Å². The number of rotatable bonds is 58. The van der Waals surface area contributed by atoms with E-state index in [1.165, 1.54) is 250 Å². The number of carbonyl (C=O) groups is 3. The van der Waals surface area contributed by atoms with E-state index in [1.807, 2.05) is 0 Å². The molecule has 0 N–H and O–H groups in total. The highest BCUT2D eigenvalue weighted by atomic mass is 16.6. The summed E-state index contributed by atoms with van der Waals surface area (Å²) in [6.07, 6.45) is 62.5. The molecule has 0 bridgehead atoms. The molecule has 1 atom stereocenters. The molecule has 0 radical (unpaired) electrons. The normalized spacial score (nSPS) is 12.0. The summed E-state index contributed by atoms with van der Waals surface area (Å²) >= 11 is 0. The molecule has 0 saturated heterocycles. The molecule has 0 aromatic rings. The maximum absolute atomic E-state index is 12.9. The van der Waals surface area contributed by atoms with Crippen LogP contribution in [0.1, 0.15) is 362 Å². The van der Waals surface area contributed by atoms with E-state index in [4.69, 9.17) is 14.2 Å². The summed E-state index contributed by atoms with van der Waals surface area (Å²) in [6, 6.07) is 0. The van der Waals surface area contributed by atoms with Gasteiger partial charge < -0.3 is 14.2 Å². The first kappa shape index (κ1) is 68.4. The third-order valence-corrected chi connectivity index (χ3v) is 14.7. The lowest BCUT2D eigenvalue weighted by atomic mass is 10.0. The molecular weight excluding hydrogens is 865 g/mol. The molecule has 0 rings (SSSR count). The highest BCUT2D eigenvalue weighted by molar-refractivity contribution is 5.71. The summed E-state index contributed by atoms with van der Waals surface area (Å²) in [5.74, 6) is 0.851. The molecule has 0 aliphatic heterocycles. The lowest BCUT2D eigenvalue weighted by molar-refractivity contribution is -0.167. The van der Waals surface area contributed by atoms with Crippen molar-refractivity contribution in [1.82, 2.24) is 0 Å². The SMILES string of the molecule is CCCCCCCCCCCCCCCCCCCCCC(=O)O[C@@H](COC(=O)CCCCCCCCCCCCCCCCCC(C)C)COC(=O)CCCCCCCCCCCCCCC(C)C. The van der Waals surface area contributed by atoms with Gasteiger partial charge in [-0.05, 0) is 31.1 Å². The molecule has 6 heteroatoms. The van der Waals surface area contributed by atoms with Crippen molar-refractivity contribution in [2.24, 2.45) is 11.8 Å². The monoisotopic (exact) mass is 989 g/mol. The van der Waals surface area contributed by atoms with E-state index in [0.29, 0.717) is 19.3 Å². The Morgan fingerprint density at radius 3 is 0.700 bits per heavy atom. The van der Waals surface area contributed by atoms with Crippen molar-refractivity contribution in [3.63, 3.8) is 0 Å². The van der Waals surface area contributed by atoms with Gasteiger partial charge in [-0.25, -0.2) is 0 Å². The molecule has 0 fully saturated rings. The van der Waals surface area contributed by atoms with Gasteiger partial charge in [0.05, 0.1) is 0 Å². The number of hydrogen-bond acceptors (Lipinski definition) is 6. The van der Waals surface area contributed by atoms with Crippen LogP contribution in [0.4, 0.5) is 0 Å². The first-order chi connectivity index (χ1) is 34.2. The van der Waals surface area contributed by atoms with E-state index in [0.717, 1.165) is 69.6 Å². The largest absolute Gasteiger partial charge is 0.462 e. The molecule has 0 aliphatic carbocycles. The Bertz CT molecular complexity index is 1070. The van der Waals surface area contributed by atoms with Crippen molar-refractivity contribution in [2.45, 2.75) is 368 Å². The van der Waals surface area contributed by atoms with Crippen LogP contribution in [0.15, 0.2) is 0 Å². The number of hydrogen-bond donors (Lipinski definition) is 0. The minimum Gasteiger partial charge on any atom is -0.462 e. The fraction of sp³-hybridized carbons (Fsp3) is 0.953. The van der Waals surface area contributed by atoms with E-state index in [9.17, 15) is 14.4 Å². The molecular formula is C64H124O6. The molecule has 0 heterocycles. The van der Waals surface area contributed by atoms with Crippen molar-refractivity contribution >= 4 is 17.9 Å². The lowest BCUT2D eigenvalue weighted by Crippen LogP contribution is -2.30. The Morgan fingerprint density at radius 2 is 0.471 bits per heavy atom. The van der Waals surface area contributed by atoms with Crippen molar-refractivity contribution in [3.05, 3.63) is 0 Å². The van der Waals surface area contributed by atoms with E-state index < -0.39 is 6.10 Å². The summed E-state index contributed by atoms with van der Waals surface area (Å²) in [5.41, 5.74) is 0. The van der Waals surface area contributed by atoms with Crippen LogP contribution < -0.4 is 0 Å². The fourth-order valence-electron chi connectivity index (χ4n) is 9.93. The Labute approximate surface area is 438 Å². The molecule has 0 spiro atoms. The first-order valence-corrected chi connectivity index (χ1v) is 31.7. The van der Waals surface area contributed by atoms with Crippen LogP contribution in [0, 0.1) is 11.8 Å². The second kappa shape index (κ2) is 56.7. The predicted octanol–water partition coefficient (Wildman–Crippen LogP) is 21.2. The van der Waals surface area contributed by atoms with Gasteiger partial charge in [-0.1, -0.05) is 324 Å². The van der Waals surface area contributed by atoms with Crippen molar-refractivity contribution in [3.8, 4) is 0 Å². The maximum atomic E-state index is 12.9. The summed E-state index contributed by atoms with van der Waals surface area (Å²) in [6.45, 7) is 11.4. The molecule has 0 aromatic heterocycles. The highest BCUT2D eigenvalue weighted by Gasteiger charge is 2.19. The minimum absolute atomic E-state index is 0.0620. The third kappa shape index (κ3) is 57.3. The second-order valence-corrected chi connectivity index (χ2v) is 23.0. The van der Waals surface area contributed by atoms with Crippen LogP contribution in [0.25, 0.3) is 0 Å². The van der Waals surface area contributed by atoms with Gasteiger partial charge in [0.1, 0.15) is 13.2 Å². The number of esters is 3. The van der Waals surface area contributed by atoms with Crippen molar-refractivity contribution in [2.75, 3.05) is 13.2 Å². The van der Waals surface area contributed by atoms with E-state index in [2.05, 4.69) is 34.6 Å². The molecule has 0 unspecified atom stereocenters. The zero-order chi connectivity index (χ0) is 51.1. The zero-order valence-electron chi connectivity index (χ0n) is 48.2. The van der Waals surface area contributed by atoms with Crippen LogP contribution >= 0.6 is 0 Å². The average molecular weight is 990 g/mol. The molecule has 6 nitrogen and oxygen atoms in total. The smallest absolute Gasteiger partial charge is 0.306 e. The van der Waals surface area contributed by atoms with Gasteiger partial charge >= 0.3 is 17.9 Å². The number of carbonyl (C=O) groups excluding carboxylic acids is 3. The Balaban J connectivity index is 4.28. The zero-order valence-corrected chi connectivity index (χ0v) is 48.2. The average Bonchev–Trinajstić information content (AvgIpc) is 3.33. The van der Waals surface area contributed by atoms with Crippen LogP contribution in [0.3, 0.4) is 0 Å². The standard InChI is InChI=1S/C64H124O6/c1-6-7-8-9-10-11-12-13-14-15-16-17-20-24-31-36-41-46-51-56-64(67)70-61(58-69-63(66)55-50-45-40-35-30-26-25-28-33-38-43-48-53-60(4)5)57-68-62(65)54-49-44-39-34-29-23-21-18-19-22-27-32-37-42-47-52-59(2)3/h59-61H,6-58H2,1-5H3/t61-/m0/s1. The summed E-state index contributed by atoms with van der Waals surface area (Å²) in [7, 11) is 0. The van der Waals surface area contributed by atoms with Gasteiger partial charge in [-0.3, -0.25) is 14.4 Å². The second-order valence-electron chi connectivity index (χ2n) is 23.0. The quantitative estimate of drug-likeness (QED) is 0.0343. The fourth-order valence-corrected chi connectivity index (χ4v) is 9.93. The Kier molecular flexibility index (Phi) is 55.4. The lowest BCUT2D eigenvalue weighted by Gasteiger charge is -2.18. The minimum atomic E-state index is -0.764. The van der Waals surface area contributed by atoms with Gasteiger partial charge in [0.15, 0.2) is 6.10 Å². The van der Waals surface area contributed by atoms with Gasteiger partial charge in [0.2, 0.25) is 0 Å². The van der Waals surface area contributed by atoms with Gasteiger partial charge in [0.25, 0.3) is 0 Å². The molecule has 0 aromatic carbocycles. The summed E-state index contributed by atoms with van der Waals surface area (Å²) in [4.78, 5) is 38.3. The molecule has 416 valence electrons. The van der Waals surface area contributed by atoms with Gasteiger partial charge in [-0.15, -0.1) is 0 Å². The van der Waals surface area contributed by atoms with Crippen LogP contribution in [0.5, 0.6) is 0 Å². The van der Waals surface area contributed by atoms with Crippen LogP contribution in [-0.4, -0.2) is 37.2 Å². The van der Waals surface area contributed by atoms with Gasteiger partial charge in [-0.2, -0.15) is 0 Å². The number of unbranched alkanes of at least 4 members (excludes halogenated alkanes) is 43.